The van der Waals surface area contributed by atoms with Crippen LogP contribution in [-0.2, 0) is 25.8 Å². The molecule has 0 bridgehead atoms. The number of furan rings is 1. The Balaban J connectivity index is 1.51. The molecule has 190 valence electrons. The van der Waals surface area contributed by atoms with Gasteiger partial charge in [-0.2, -0.15) is 0 Å². The lowest BCUT2D eigenvalue weighted by molar-refractivity contribution is -0.150. The zero-order valence-electron chi connectivity index (χ0n) is 18.9. The number of nitrogens with one attached hydrogen (secondary N) is 2. The van der Waals surface area contributed by atoms with Gasteiger partial charge in [-0.3, -0.25) is 29.1 Å². The Morgan fingerprint density at radius 1 is 1.42 bits per heavy atom. The second-order valence-electron chi connectivity index (χ2n) is 7.39. The maximum Gasteiger partial charge on any atom is 0.352 e. The number of fused-ring (bicyclic) bond motifs is 1. The number of thioether (sulfide) groups is 2. The van der Waals surface area contributed by atoms with E-state index < -0.39 is 40.3 Å². The highest BCUT2D eigenvalue weighted by Gasteiger charge is 2.54. The highest BCUT2D eigenvalue weighted by molar-refractivity contribution is 8.01. The average Bonchev–Trinajstić information content (AvgIpc) is 3.40. The molecule has 2 amide bonds. The van der Waals surface area contributed by atoms with E-state index in [1.165, 1.54) is 31.2 Å². The number of carboxylic acids is 1. The number of rotatable bonds is 9. The number of carbonyl (C=O) groups excluding carboxylic acids is 2. The zero-order chi connectivity index (χ0) is 26.0. The number of aryl methyl sites for hydroxylation is 1. The molecule has 1 fully saturated rings. The normalized spacial score (nSPS) is 19.6. The van der Waals surface area contributed by atoms with Crippen LogP contribution in [0.3, 0.4) is 0 Å². The molecule has 2 aliphatic heterocycles. The molecule has 36 heavy (non-hydrogen) atoms. The SMILES string of the molecule is CCn1nc(SCC2=C(C(=O)O)N3C(=O)[C@@H](NC(=O)/C(=N\OC)c4ccco4)[C@H]3SC2)[nH]c(=O)c1=O. The van der Waals surface area contributed by atoms with Gasteiger partial charge in [0, 0.05) is 18.1 Å². The summed E-state index contributed by atoms with van der Waals surface area (Å²) in [5.41, 5.74) is -1.54. The van der Waals surface area contributed by atoms with Gasteiger partial charge >= 0.3 is 17.1 Å². The van der Waals surface area contributed by atoms with E-state index in [1.54, 1.807) is 13.0 Å². The lowest BCUT2D eigenvalue weighted by Crippen LogP contribution is -2.71. The molecule has 0 saturated carbocycles. The molecule has 4 heterocycles. The van der Waals surface area contributed by atoms with Crippen molar-refractivity contribution in [2.24, 2.45) is 5.16 Å². The van der Waals surface area contributed by atoms with Crippen LogP contribution in [0.1, 0.15) is 12.7 Å². The van der Waals surface area contributed by atoms with Crippen LogP contribution in [0.4, 0.5) is 0 Å². The maximum atomic E-state index is 12.9. The molecule has 2 aliphatic rings. The van der Waals surface area contributed by atoms with Gasteiger partial charge in [0.1, 0.15) is 24.2 Å². The number of aromatic nitrogens is 3. The van der Waals surface area contributed by atoms with Gasteiger partial charge in [0.15, 0.2) is 10.9 Å². The monoisotopic (exact) mass is 536 g/mol. The van der Waals surface area contributed by atoms with E-state index in [0.717, 1.165) is 21.3 Å². The molecule has 0 aromatic carbocycles. The summed E-state index contributed by atoms with van der Waals surface area (Å²) in [4.78, 5) is 69.5. The van der Waals surface area contributed by atoms with Crippen LogP contribution < -0.4 is 16.4 Å². The molecule has 16 heteroatoms. The molecule has 2 aromatic rings. The van der Waals surface area contributed by atoms with Crippen molar-refractivity contribution < 1.29 is 28.7 Å². The number of hydrogen-bond acceptors (Lipinski definition) is 11. The Bertz CT molecular complexity index is 1380. The number of oxime groups is 1. The predicted octanol–water partition coefficient (Wildman–Crippen LogP) is -0.574. The number of aromatic amines is 1. The van der Waals surface area contributed by atoms with Crippen molar-refractivity contribution in [1.82, 2.24) is 25.0 Å². The first kappa shape index (κ1) is 25.3. The highest BCUT2D eigenvalue weighted by Crippen LogP contribution is 2.41. The summed E-state index contributed by atoms with van der Waals surface area (Å²) in [7, 11) is 1.26. The van der Waals surface area contributed by atoms with E-state index in [2.05, 4.69) is 20.6 Å². The quantitative estimate of drug-likeness (QED) is 0.122. The maximum absolute atomic E-state index is 12.9. The summed E-state index contributed by atoms with van der Waals surface area (Å²) in [5, 5.41) is 19.6. The molecule has 2 atom stereocenters. The lowest BCUT2D eigenvalue weighted by Gasteiger charge is -2.49. The van der Waals surface area contributed by atoms with Gasteiger partial charge in [-0.1, -0.05) is 16.9 Å². The first-order valence-corrected chi connectivity index (χ1v) is 12.5. The van der Waals surface area contributed by atoms with Crippen molar-refractivity contribution in [3.63, 3.8) is 0 Å². The number of amides is 2. The largest absolute Gasteiger partial charge is 0.477 e. The van der Waals surface area contributed by atoms with Crippen LogP contribution in [0.15, 0.2) is 54.0 Å². The molecule has 0 aliphatic carbocycles. The summed E-state index contributed by atoms with van der Waals surface area (Å²) in [6, 6.07) is 2.09. The number of hydrogen-bond donors (Lipinski definition) is 3. The Morgan fingerprint density at radius 3 is 2.83 bits per heavy atom. The van der Waals surface area contributed by atoms with Gasteiger partial charge in [0.05, 0.1) is 6.26 Å². The molecule has 14 nitrogen and oxygen atoms in total. The van der Waals surface area contributed by atoms with Crippen molar-refractivity contribution in [2.45, 2.75) is 30.0 Å². The molecule has 4 rings (SSSR count). The smallest absolute Gasteiger partial charge is 0.352 e. The van der Waals surface area contributed by atoms with Crippen molar-refractivity contribution in [1.29, 1.82) is 0 Å². The molecule has 1 saturated heterocycles. The molecular weight excluding hydrogens is 516 g/mol. The number of carboxylic acid groups (broad SMARTS) is 1. The van der Waals surface area contributed by atoms with E-state index in [9.17, 15) is 29.1 Å². The molecule has 3 N–H and O–H groups in total. The van der Waals surface area contributed by atoms with Gasteiger partial charge < -0.3 is 19.7 Å². The number of carbonyl (C=O) groups is 3. The summed E-state index contributed by atoms with van der Waals surface area (Å²) in [6.07, 6.45) is 1.35. The summed E-state index contributed by atoms with van der Waals surface area (Å²) in [5.74, 6) is -2.11. The predicted molar refractivity (Wildman–Crippen MR) is 127 cm³/mol. The van der Waals surface area contributed by atoms with Crippen LogP contribution in [0.2, 0.25) is 0 Å². The summed E-state index contributed by atoms with van der Waals surface area (Å²) >= 11 is 2.32. The number of aliphatic carboxylic acids is 1. The van der Waals surface area contributed by atoms with Crippen molar-refractivity contribution >= 4 is 47.0 Å². The third-order valence-electron chi connectivity index (χ3n) is 5.23. The molecule has 0 radical (unpaired) electrons. The van der Waals surface area contributed by atoms with Crippen molar-refractivity contribution in [3.05, 3.63) is 56.1 Å². The minimum Gasteiger partial charge on any atom is -0.477 e. The van der Waals surface area contributed by atoms with Crippen molar-refractivity contribution in [3.8, 4) is 0 Å². The van der Waals surface area contributed by atoms with Crippen LogP contribution >= 0.6 is 23.5 Å². The fraction of sp³-hybridized carbons (Fsp3) is 0.350. The lowest BCUT2D eigenvalue weighted by atomic mass is 10.0. The van der Waals surface area contributed by atoms with Crippen LogP contribution in [0, 0.1) is 0 Å². The zero-order valence-corrected chi connectivity index (χ0v) is 20.6. The summed E-state index contributed by atoms with van der Waals surface area (Å²) < 4.78 is 6.19. The standard InChI is InChI=1S/C20H20N6O8S2/c1-3-25-17(30)15(28)22-20(23-25)36-8-9-7-35-18-12(16(29)26(18)13(9)19(31)32)21-14(27)11(24-33-2)10-5-4-6-34-10/h4-6,12,18H,3,7-8H2,1-2H3,(H,21,27)(H,31,32)(H,22,23,28)/b24-11-/t12-,18-/m1/s1. The van der Waals surface area contributed by atoms with Crippen LogP contribution in [0.25, 0.3) is 0 Å². The highest BCUT2D eigenvalue weighted by atomic mass is 32.2. The third kappa shape index (κ3) is 4.68. The van der Waals surface area contributed by atoms with E-state index in [-0.39, 0.29) is 40.4 Å². The van der Waals surface area contributed by atoms with E-state index >= 15 is 0 Å². The fourth-order valence-electron chi connectivity index (χ4n) is 3.59. The van der Waals surface area contributed by atoms with E-state index in [4.69, 9.17) is 9.25 Å². The Hall–Kier alpha value is -3.79. The molecule has 0 spiro atoms. The number of nitrogens with zero attached hydrogens (tertiary/aromatic N) is 4. The van der Waals surface area contributed by atoms with Gasteiger partial charge in [-0.05, 0) is 24.6 Å². The van der Waals surface area contributed by atoms with Gasteiger partial charge in [0.25, 0.3) is 11.8 Å². The molecule has 2 aromatic heterocycles. The third-order valence-corrected chi connectivity index (χ3v) is 7.52. The van der Waals surface area contributed by atoms with Crippen molar-refractivity contribution in [2.75, 3.05) is 18.6 Å². The second-order valence-corrected chi connectivity index (χ2v) is 9.46. The Kier molecular flexibility index (Phi) is 7.35. The van der Waals surface area contributed by atoms with Gasteiger partial charge in [0.2, 0.25) is 5.71 Å². The summed E-state index contributed by atoms with van der Waals surface area (Å²) in [6.45, 7) is 1.86. The molecular formula is C20H20N6O8S2. The van der Waals surface area contributed by atoms with Gasteiger partial charge in [-0.15, -0.1) is 16.9 Å². The number of H-pyrrole nitrogens is 1. The minimum atomic E-state index is -1.30. The number of β-lactam (4-membered cyclic amide) rings is 1. The Morgan fingerprint density at radius 2 is 2.19 bits per heavy atom. The fourth-order valence-corrected chi connectivity index (χ4v) is 5.94. The van der Waals surface area contributed by atoms with Gasteiger partial charge in [-0.25, -0.2) is 9.48 Å². The average molecular weight is 537 g/mol. The van der Waals surface area contributed by atoms with Crippen LogP contribution in [-0.4, -0.2) is 78.3 Å². The first-order valence-electron chi connectivity index (χ1n) is 10.5. The molecule has 0 unspecified atom stereocenters. The Labute approximate surface area is 210 Å². The minimum absolute atomic E-state index is 0.107. The topological polar surface area (TPSA) is 189 Å². The van der Waals surface area contributed by atoms with E-state index in [1.807, 2.05) is 0 Å². The first-order chi connectivity index (χ1) is 17.3. The van der Waals surface area contributed by atoms with E-state index in [0.29, 0.717) is 5.57 Å². The van der Waals surface area contributed by atoms with Crippen LogP contribution in [0.5, 0.6) is 0 Å². The second kappa shape index (κ2) is 10.4.